The Morgan fingerprint density at radius 2 is 2.21 bits per heavy atom. The molecule has 1 aliphatic heterocycles. The van der Waals surface area contributed by atoms with Crippen LogP contribution in [0.2, 0.25) is 0 Å². The molecule has 0 unspecified atom stereocenters. The van der Waals surface area contributed by atoms with Crippen LogP contribution in [0.4, 0.5) is 10.5 Å². The number of thioether (sulfide) groups is 1. The summed E-state index contributed by atoms with van der Waals surface area (Å²) in [6, 6.07) is 5.93. The van der Waals surface area contributed by atoms with Gasteiger partial charge in [-0.1, -0.05) is 29.5 Å². The molecule has 0 bridgehead atoms. The summed E-state index contributed by atoms with van der Waals surface area (Å²) >= 11 is 1.32. The van der Waals surface area contributed by atoms with Gasteiger partial charge in [0.05, 0.1) is 0 Å². The van der Waals surface area contributed by atoms with Crippen molar-refractivity contribution in [2.45, 2.75) is 20.3 Å². The first-order valence-corrected chi connectivity index (χ1v) is 7.33. The molecular formula is C14H18N2O2S. The maximum absolute atomic E-state index is 11.9. The summed E-state index contributed by atoms with van der Waals surface area (Å²) in [6.07, 6.45) is 0.347. The zero-order valence-electron chi connectivity index (χ0n) is 11.2. The number of hydrogen-bond donors (Lipinski definition) is 1. The van der Waals surface area contributed by atoms with Crippen LogP contribution in [-0.2, 0) is 4.79 Å². The number of amides is 2. The van der Waals surface area contributed by atoms with Crippen LogP contribution in [0, 0.1) is 13.8 Å². The highest BCUT2D eigenvalue weighted by Gasteiger charge is 2.21. The Kier molecular flexibility index (Phi) is 4.47. The first kappa shape index (κ1) is 13.9. The molecule has 2 rings (SSSR count). The Labute approximate surface area is 117 Å². The maximum atomic E-state index is 11.9. The first-order valence-electron chi connectivity index (χ1n) is 6.35. The van der Waals surface area contributed by atoms with E-state index < -0.39 is 0 Å². The van der Waals surface area contributed by atoms with E-state index in [-0.39, 0.29) is 11.1 Å². The number of nitrogens with one attached hydrogen (secondary N) is 1. The second-order valence-electron chi connectivity index (χ2n) is 4.72. The van der Waals surface area contributed by atoms with Crippen molar-refractivity contribution >= 4 is 28.6 Å². The number of hydrogen-bond acceptors (Lipinski definition) is 3. The van der Waals surface area contributed by atoms with E-state index in [1.165, 1.54) is 17.3 Å². The van der Waals surface area contributed by atoms with Crippen molar-refractivity contribution in [1.29, 1.82) is 0 Å². The van der Waals surface area contributed by atoms with Gasteiger partial charge in [-0.05, 0) is 25.5 Å². The fraction of sp³-hybridized carbons (Fsp3) is 0.429. The van der Waals surface area contributed by atoms with Crippen LogP contribution in [-0.4, -0.2) is 34.9 Å². The molecule has 2 amide bonds. The van der Waals surface area contributed by atoms with Gasteiger partial charge in [0.15, 0.2) is 0 Å². The van der Waals surface area contributed by atoms with Crippen molar-refractivity contribution in [2.75, 3.05) is 24.2 Å². The molecular weight excluding hydrogens is 260 g/mol. The van der Waals surface area contributed by atoms with Crippen LogP contribution < -0.4 is 5.32 Å². The second-order valence-corrected chi connectivity index (χ2v) is 5.76. The van der Waals surface area contributed by atoms with Gasteiger partial charge in [-0.15, -0.1) is 0 Å². The quantitative estimate of drug-likeness (QED) is 0.921. The number of rotatable bonds is 4. The van der Waals surface area contributed by atoms with Crippen LogP contribution in [0.3, 0.4) is 0 Å². The number of nitrogens with zero attached hydrogens (tertiary/aromatic N) is 1. The molecule has 0 aliphatic carbocycles. The standard InChI is InChI=1S/C14H18N2O2S/c1-10-3-4-12(11(2)9-10)15-13(17)5-6-16-7-8-19-14(16)18/h3-4,9H,5-8H2,1-2H3,(H,15,17). The third-order valence-electron chi connectivity index (χ3n) is 3.11. The van der Waals surface area contributed by atoms with E-state index in [1.807, 2.05) is 32.0 Å². The van der Waals surface area contributed by atoms with E-state index >= 15 is 0 Å². The zero-order chi connectivity index (χ0) is 13.8. The van der Waals surface area contributed by atoms with E-state index in [4.69, 9.17) is 0 Å². The van der Waals surface area contributed by atoms with E-state index in [0.717, 1.165) is 23.5 Å². The smallest absolute Gasteiger partial charge is 0.281 e. The summed E-state index contributed by atoms with van der Waals surface area (Å²) in [7, 11) is 0. The predicted molar refractivity (Wildman–Crippen MR) is 78.6 cm³/mol. The molecule has 0 aromatic heterocycles. The Balaban J connectivity index is 1.85. The highest BCUT2D eigenvalue weighted by molar-refractivity contribution is 8.13. The molecule has 1 aliphatic rings. The molecule has 5 heteroatoms. The fourth-order valence-electron chi connectivity index (χ4n) is 2.03. The van der Waals surface area contributed by atoms with Crippen LogP contribution >= 0.6 is 11.8 Å². The molecule has 1 fully saturated rings. The summed E-state index contributed by atoms with van der Waals surface area (Å²) in [5.74, 6) is 0.786. The number of aryl methyl sites for hydroxylation is 2. The van der Waals surface area contributed by atoms with E-state index in [1.54, 1.807) is 4.90 Å². The van der Waals surface area contributed by atoms with E-state index in [0.29, 0.717) is 13.0 Å². The molecule has 1 N–H and O–H groups in total. The van der Waals surface area contributed by atoms with Gasteiger partial charge in [0.1, 0.15) is 0 Å². The fourth-order valence-corrected chi connectivity index (χ4v) is 2.88. The van der Waals surface area contributed by atoms with Crippen LogP contribution in [0.25, 0.3) is 0 Å². The average molecular weight is 278 g/mol. The molecule has 0 atom stereocenters. The van der Waals surface area contributed by atoms with Crippen LogP contribution in [0.5, 0.6) is 0 Å². The lowest BCUT2D eigenvalue weighted by Gasteiger charge is -2.14. The van der Waals surface area contributed by atoms with Gasteiger partial charge >= 0.3 is 0 Å². The lowest BCUT2D eigenvalue weighted by molar-refractivity contribution is -0.116. The monoisotopic (exact) mass is 278 g/mol. The average Bonchev–Trinajstić information content (AvgIpc) is 2.76. The largest absolute Gasteiger partial charge is 0.332 e. The normalized spacial score (nSPS) is 14.8. The lowest BCUT2D eigenvalue weighted by atomic mass is 10.1. The highest BCUT2D eigenvalue weighted by atomic mass is 32.2. The topological polar surface area (TPSA) is 49.4 Å². The summed E-state index contributed by atoms with van der Waals surface area (Å²) in [5, 5.41) is 2.98. The summed E-state index contributed by atoms with van der Waals surface area (Å²) in [4.78, 5) is 25.0. The zero-order valence-corrected chi connectivity index (χ0v) is 12.0. The molecule has 4 nitrogen and oxygen atoms in total. The molecule has 1 saturated heterocycles. The minimum absolute atomic E-state index is 0.0448. The van der Waals surface area contributed by atoms with E-state index in [2.05, 4.69) is 5.32 Å². The van der Waals surface area contributed by atoms with Crippen molar-refractivity contribution in [2.24, 2.45) is 0 Å². The van der Waals surface area contributed by atoms with E-state index in [9.17, 15) is 9.59 Å². The molecule has 0 radical (unpaired) electrons. The number of benzene rings is 1. The minimum Gasteiger partial charge on any atom is -0.332 e. The number of carbonyl (C=O) groups excluding carboxylic acids is 2. The van der Waals surface area contributed by atoms with Crippen molar-refractivity contribution in [3.05, 3.63) is 29.3 Å². The molecule has 0 spiro atoms. The number of anilines is 1. The molecule has 1 aromatic rings. The van der Waals surface area contributed by atoms with Gasteiger partial charge in [-0.25, -0.2) is 0 Å². The Morgan fingerprint density at radius 1 is 1.42 bits per heavy atom. The summed E-state index contributed by atoms with van der Waals surface area (Å²) in [6.45, 7) is 5.25. The van der Waals surface area contributed by atoms with Gasteiger partial charge in [0, 0.05) is 31.0 Å². The van der Waals surface area contributed by atoms with Gasteiger partial charge < -0.3 is 10.2 Å². The highest BCUT2D eigenvalue weighted by Crippen LogP contribution is 2.18. The van der Waals surface area contributed by atoms with Gasteiger partial charge in [0.2, 0.25) is 5.91 Å². The Hall–Kier alpha value is -1.49. The maximum Gasteiger partial charge on any atom is 0.281 e. The van der Waals surface area contributed by atoms with Crippen molar-refractivity contribution < 1.29 is 9.59 Å². The Morgan fingerprint density at radius 3 is 2.84 bits per heavy atom. The molecule has 102 valence electrons. The van der Waals surface area contributed by atoms with Gasteiger partial charge in [0.25, 0.3) is 5.24 Å². The number of carbonyl (C=O) groups is 2. The molecule has 0 saturated carbocycles. The Bertz CT molecular complexity index is 502. The first-order chi connectivity index (χ1) is 9.06. The van der Waals surface area contributed by atoms with Gasteiger partial charge in [-0.3, -0.25) is 9.59 Å². The van der Waals surface area contributed by atoms with Crippen molar-refractivity contribution in [1.82, 2.24) is 4.90 Å². The van der Waals surface area contributed by atoms with Gasteiger partial charge in [-0.2, -0.15) is 0 Å². The summed E-state index contributed by atoms with van der Waals surface area (Å²) < 4.78 is 0. The van der Waals surface area contributed by atoms with Crippen molar-refractivity contribution in [3.8, 4) is 0 Å². The lowest BCUT2D eigenvalue weighted by Crippen LogP contribution is -2.27. The second kappa shape index (κ2) is 6.10. The minimum atomic E-state index is -0.0448. The third-order valence-corrected chi connectivity index (χ3v) is 4.00. The summed E-state index contributed by atoms with van der Waals surface area (Å²) in [5.41, 5.74) is 3.08. The van der Waals surface area contributed by atoms with Crippen LogP contribution in [0.1, 0.15) is 17.5 Å². The third kappa shape index (κ3) is 3.73. The predicted octanol–water partition coefficient (Wildman–Crippen LogP) is 2.80. The molecule has 1 aromatic carbocycles. The van der Waals surface area contributed by atoms with Crippen LogP contribution in [0.15, 0.2) is 18.2 Å². The molecule has 19 heavy (non-hydrogen) atoms. The van der Waals surface area contributed by atoms with Crippen molar-refractivity contribution in [3.63, 3.8) is 0 Å². The SMILES string of the molecule is Cc1ccc(NC(=O)CCN2CCSC2=O)c(C)c1. The molecule has 1 heterocycles.